The quantitative estimate of drug-likeness (QED) is 0.451. The van der Waals surface area contributed by atoms with Gasteiger partial charge in [0.05, 0.1) is 6.61 Å². The van der Waals surface area contributed by atoms with Crippen molar-refractivity contribution >= 4 is 11.8 Å². The van der Waals surface area contributed by atoms with Crippen molar-refractivity contribution in [1.82, 2.24) is 9.55 Å². The number of carboxylic acids is 1. The van der Waals surface area contributed by atoms with Crippen molar-refractivity contribution in [2.75, 3.05) is 18.1 Å². The zero-order valence-electron chi connectivity index (χ0n) is 15.6. The summed E-state index contributed by atoms with van der Waals surface area (Å²) in [5.74, 6) is -0.655. The smallest absolute Gasteiger partial charge is 0.351 e. The molecule has 27 heavy (non-hydrogen) atoms. The highest BCUT2D eigenvalue weighted by atomic mass is 16.6. The number of likely N-dealkylation sites (N-methyl/N-ethyl adjacent to an activating group) is 1. The van der Waals surface area contributed by atoms with Crippen LogP contribution in [0.2, 0.25) is 0 Å². The lowest BCUT2D eigenvalue weighted by Crippen LogP contribution is -2.44. The van der Waals surface area contributed by atoms with Gasteiger partial charge in [0.1, 0.15) is 30.2 Å². The number of ether oxygens (including phenoxy) is 1. The van der Waals surface area contributed by atoms with Crippen molar-refractivity contribution in [2.45, 2.75) is 57.8 Å². The van der Waals surface area contributed by atoms with Crippen LogP contribution in [0.5, 0.6) is 0 Å². The van der Waals surface area contributed by atoms with Gasteiger partial charge in [-0.3, -0.25) is 4.57 Å². The molecule has 1 aromatic rings. The first-order chi connectivity index (χ1) is 12.7. The molecule has 2 heterocycles. The van der Waals surface area contributed by atoms with Gasteiger partial charge in [-0.2, -0.15) is 4.98 Å². The Morgan fingerprint density at radius 1 is 1.37 bits per heavy atom. The van der Waals surface area contributed by atoms with Gasteiger partial charge in [-0.25, -0.2) is 9.59 Å². The number of aromatic nitrogens is 2. The van der Waals surface area contributed by atoms with Gasteiger partial charge in [-0.05, 0) is 25.3 Å². The maximum Gasteiger partial charge on any atom is 0.351 e. The maximum absolute atomic E-state index is 12.5. The summed E-state index contributed by atoms with van der Waals surface area (Å²) in [6.07, 6.45) is -3.20. The summed E-state index contributed by atoms with van der Waals surface area (Å²) in [4.78, 5) is 29.6. The molecule has 10 heteroatoms. The summed E-state index contributed by atoms with van der Waals surface area (Å²) < 4.78 is 6.35. The highest BCUT2D eigenvalue weighted by Crippen LogP contribution is 2.28. The van der Waals surface area contributed by atoms with E-state index in [1.165, 1.54) is 17.2 Å². The molecule has 0 saturated carbocycles. The average Bonchev–Trinajstić information content (AvgIpc) is 2.89. The van der Waals surface area contributed by atoms with Gasteiger partial charge in [-0.15, -0.1) is 0 Å². The minimum atomic E-state index is -1.40. The summed E-state index contributed by atoms with van der Waals surface area (Å²) in [7, 11) is 0. The zero-order chi connectivity index (χ0) is 20.3. The van der Waals surface area contributed by atoms with Crippen LogP contribution in [0, 0.1) is 5.92 Å². The fraction of sp³-hybridized carbons (Fsp3) is 0.706. The first-order valence-corrected chi connectivity index (χ1v) is 8.92. The molecule has 0 aromatic carbocycles. The van der Waals surface area contributed by atoms with Crippen LogP contribution < -0.4 is 10.6 Å². The third kappa shape index (κ3) is 4.46. The third-order valence-corrected chi connectivity index (χ3v) is 4.60. The SMILES string of the molecule is CCN(c1ccn([C@@H]2O[C@H](CO)[C@@H](O)[C@H]2O)c(=O)n1)[C@@H](CC(C)C)C(=O)O. The van der Waals surface area contributed by atoms with E-state index in [0.717, 1.165) is 4.57 Å². The number of nitrogens with zero attached hydrogens (tertiary/aromatic N) is 3. The minimum absolute atomic E-state index is 0.138. The molecule has 0 aliphatic carbocycles. The zero-order valence-corrected chi connectivity index (χ0v) is 15.6. The summed E-state index contributed by atoms with van der Waals surface area (Å²) in [5, 5.41) is 38.6. The van der Waals surface area contributed by atoms with Crippen molar-refractivity contribution in [3.63, 3.8) is 0 Å². The van der Waals surface area contributed by atoms with E-state index in [1.54, 1.807) is 6.92 Å². The summed E-state index contributed by atoms with van der Waals surface area (Å²) in [5.41, 5.74) is -0.755. The second-order valence-electron chi connectivity index (χ2n) is 6.97. The number of aliphatic hydroxyl groups is 3. The summed E-state index contributed by atoms with van der Waals surface area (Å²) in [6.45, 7) is 5.44. The number of hydrogen-bond acceptors (Lipinski definition) is 8. The first kappa shape index (κ1) is 21.3. The Labute approximate surface area is 156 Å². The van der Waals surface area contributed by atoms with Crippen LogP contribution in [-0.2, 0) is 9.53 Å². The van der Waals surface area contributed by atoms with Crippen molar-refractivity contribution in [3.8, 4) is 0 Å². The first-order valence-electron chi connectivity index (χ1n) is 8.92. The van der Waals surface area contributed by atoms with E-state index < -0.39 is 48.8 Å². The topological polar surface area (TPSA) is 145 Å². The Balaban J connectivity index is 2.32. The van der Waals surface area contributed by atoms with Crippen LogP contribution in [0.3, 0.4) is 0 Å². The van der Waals surface area contributed by atoms with E-state index >= 15 is 0 Å². The molecule has 152 valence electrons. The fourth-order valence-corrected chi connectivity index (χ4v) is 3.22. The Hall–Kier alpha value is -2.01. The van der Waals surface area contributed by atoms with E-state index in [0.29, 0.717) is 13.0 Å². The Bertz CT molecular complexity index is 708. The summed E-state index contributed by atoms with van der Waals surface area (Å²) in [6, 6.07) is 0.641. The highest BCUT2D eigenvalue weighted by Gasteiger charge is 2.43. The number of aliphatic hydroxyl groups excluding tert-OH is 3. The van der Waals surface area contributed by atoms with Crippen molar-refractivity contribution in [2.24, 2.45) is 5.92 Å². The second kappa shape index (κ2) is 8.79. The van der Waals surface area contributed by atoms with Gasteiger partial charge in [0.15, 0.2) is 6.23 Å². The molecule has 0 radical (unpaired) electrons. The maximum atomic E-state index is 12.5. The molecule has 0 bridgehead atoms. The Kier molecular flexibility index (Phi) is 6.93. The number of carbonyl (C=O) groups is 1. The van der Waals surface area contributed by atoms with Gasteiger partial charge in [-0.1, -0.05) is 13.8 Å². The molecule has 0 spiro atoms. The van der Waals surface area contributed by atoms with E-state index in [-0.39, 0.29) is 11.7 Å². The number of hydrogen-bond donors (Lipinski definition) is 4. The van der Waals surface area contributed by atoms with Crippen molar-refractivity contribution < 1.29 is 30.0 Å². The molecule has 4 N–H and O–H groups in total. The summed E-state index contributed by atoms with van der Waals surface area (Å²) >= 11 is 0. The molecule has 2 rings (SSSR count). The molecular weight excluding hydrogens is 358 g/mol. The van der Waals surface area contributed by atoms with Crippen molar-refractivity contribution in [1.29, 1.82) is 0 Å². The van der Waals surface area contributed by atoms with E-state index in [1.807, 2.05) is 13.8 Å². The third-order valence-electron chi connectivity index (χ3n) is 4.60. The van der Waals surface area contributed by atoms with Gasteiger partial charge in [0.25, 0.3) is 0 Å². The molecule has 1 saturated heterocycles. The lowest BCUT2D eigenvalue weighted by atomic mass is 10.0. The predicted octanol–water partition coefficient (Wildman–Crippen LogP) is -0.820. The molecule has 1 aromatic heterocycles. The second-order valence-corrected chi connectivity index (χ2v) is 6.97. The standard InChI is InChI=1S/C17H27N3O7/c1-4-19(10(16(24)25)7-9(2)3)12-5-6-20(17(26)18-12)15-14(23)13(22)11(8-21)27-15/h5-6,9-11,13-15,21-23H,4,7-8H2,1-3H3,(H,24,25)/t10-,11+,13+,14+,15+/m0/s1. The molecule has 0 unspecified atom stereocenters. The molecule has 10 nitrogen and oxygen atoms in total. The van der Waals surface area contributed by atoms with Crippen LogP contribution in [0.15, 0.2) is 17.1 Å². The van der Waals surface area contributed by atoms with E-state index in [4.69, 9.17) is 9.84 Å². The van der Waals surface area contributed by atoms with Crippen molar-refractivity contribution in [3.05, 3.63) is 22.7 Å². The lowest BCUT2D eigenvalue weighted by molar-refractivity contribution is -0.139. The molecule has 1 aliphatic rings. The van der Waals surface area contributed by atoms with Crippen LogP contribution >= 0.6 is 0 Å². The van der Waals surface area contributed by atoms with E-state index in [9.17, 15) is 24.9 Å². The molecule has 0 amide bonds. The Morgan fingerprint density at radius 3 is 2.48 bits per heavy atom. The molecular formula is C17H27N3O7. The van der Waals surface area contributed by atoms with Crippen LogP contribution in [0.1, 0.15) is 33.4 Å². The number of carboxylic acid groups (broad SMARTS) is 1. The normalized spacial score (nSPS) is 26.3. The fourth-order valence-electron chi connectivity index (χ4n) is 3.22. The van der Waals surface area contributed by atoms with Gasteiger partial charge in [0, 0.05) is 12.7 Å². The highest BCUT2D eigenvalue weighted by molar-refractivity contribution is 5.77. The monoisotopic (exact) mass is 385 g/mol. The largest absolute Gasteiger partial charge is 0.480 e. The van der Waals surface area contributed by atoms with Gasteiger partial charge < -0.3 is 30.1 Å². The number of aliphatic carboxylic acids is 1. The predicted molar refractivity (Wildman–Crippen MR) is 95.4 cm³/mol. The van der Waals surface area contributed by atoms with Crippen LogP contribution in [0.25, 0.3) is 0 Å². The van der Waals surface area contributed by atoms with Crippen LogP contribution in [-0.4, -0.2) is 73.5 Å². The number of anilines is 1. The Morgan fingerprint density at radius 2 is 2.04 bits per heavy atom. The van der Waals surface area contributed by atoms with Gasteiger partial charge >= 0.3 is 11.7 Å². The molecule has 5 atom stereocenters. The molecule has 1 aliphatic heterocycles. The van der Waals surface area contributed by atoms with Gasteiger partial charge in [0.2, 0.25) is 0 Å². The molecule has 1 fully saturated rings. The van der Waals surface area contributed by atoms with Crippen LogP contribution in [0.4, 0.5) is 5.82 Å². The lowest BCUT2D eigenvalue weighted by Gasteiger charge is -2.30. The van der Waals surface area contributed by atoms with E-state index in [2.05, 4.69) is 4.98 Å². The minimum Gasteiger partial charge on any atom is -0.480 e. The average molecular weight is 385 g/mol. The number of rotatable bonds is 8.